The van der Waals surface area contributed by atoms with E-state index in [2.05, 4.69) is 23.4 Å². The topological polar surface area (TPSA) is 57.5 Å². The van der Waals surface area contributed by atoms with E-state index in [1.807, 2.05) is 31.2 Å². The normalized spacial score (nSPS) is 11.6. The molecule has 0 saturated heterocycles. The Morgan fingerprint density at radius 1 is 1.50 bits per heavy atom. The first-order valence-electron chi connectivity index (χ1n) is 5.90. The SMILES string of the molecule is C/C=C(\C=C/CC)Nc1ccc(N=N)c(OC)c1. The predicted octanol–water partition coefficient (Wildman–Crippen LogP) is 4.64. The molecule has 0 saturated carbocycles. The monoisotopic (exact) mass is 245 g/mol. The summed E-state index contributed by atoms with van der Waals surface area (Å²) in [5, 5.41) is 6.68. The zero-order valence-corrected chi connectivity index (χ0v) is 11.0. The second-order valence-electron chi connectivity index (χ2n) is 3.68. The lowest BCUT2D eigenvalue weighted by molar-refractivity contribution is 0.416. The summed E-state index contributed by atoms with van der Waals surface area (Å²) in [6, 6.07) is 5.46. The van der Waals surface area contributed by atoms with E-state index in [1.165, 1.54) is 0 Å². The Morgan fingerprint density at radius 2 is 2.28 bits per heavy atom. The third-order valence-electron chi connectivity index (χ3n) is 2.43. The summed E-state index contributed by atoms with van der Waals surface area (Å²) in [6.07, 6.45) is 7.13. The van der Waals surface area contributed by atoms with Crippen molar-refractivity contribution in [1.29, 1.82) is 5.53 Å². The van der Waals surface area contributed by atoms with Gasteiger partial charge in [-0.1, -0.05) is 19.1 Å². The number of benzene rings is 1. The van der Waals surface area contributed by atoms with Crippen molar-refractivity contribution in [2.75, 3.05) is 12.4 Å². The molecule has 4 heteroatoms. The molecular weight excluding hydrogens is 226 g/mol. The van der Waals surface area contributed by atoms with Gasteiger partial charge in [-0.15, -0.1) is 0 Å². The van der Waals surface area contributed by atoms with Crippen LogP contribution in [-0.4, -0.2) is 7.11 Å². The largest absolute Gasteiger partial charge is 0.494 e. The lowest BCUT2D eigenvalue weighted by Gasteiger charge is -2.10. The molecule has 0 fully saturated rings. The minimum Gasteiger partial charge on any atom is -0.494 e. The fourth-order valence-electron chi connectivity index (χ4n) is 1.47. The summed E-state index contributed by atoms with van der Waals surface area (Å²) >= 11 is 0. The van der Waals surface area contributed by atoms with Crippen molar-refractivity contribution in [3.05, 3.63) is 42.1 Å². The Bertz CT molecular complexity index is 464. The van der Waals surface area contributed by atoms with E-state index in [0.29, 0.717) is 11.4 Å². The Morgan fingerprint density at radius 3 is 2.83 bits per heavy atom. The Labute approximate surface area is 108 Å². The molecule has 0 bridgehead atoms. The Balaban J connectivity index is 2.91. The van der Waals surface area contributed by atoms with Gasteiger partial charge >= 0.3 is 0 Å². The first-order valence-corrected chi connectivity index (χ1v) is 5.90. The van der Waals surface area contributed by atoms with E-state index in [4.69, 9.17) is 10.3 Å². The van der Waals surface area contributed by atoms with E-state index in [1.54, 1.807) is 13.2 Å². The number of hydrogen-bond donors (Lipinski definition) is 2. The number of ether oxygens (including phenoxy) is 1. The molecule has 0 amide bonds. The van der Waals surface area contributed by atoms with Crippen LogP contribution in [0.25, 0.3) is 0 Å². The van der Waals surface area contributed by atoms with Crippen LogP contribution in [0.2, 0.25) is 0 Å². The molecule has 1 aromatic rings. The molecule has 0 aliphatic carbocycles. The zero-order chi connectivity index (χ0) is 13.4. The molecule has 0 heterocycles. The van der Waals surface area contributed by atoms with Crippen molar-refractivity contribution in [2.45, 2.75) is 20.3 Å². The lowest BCUT2D eigenvalue weighted by atomic mass is 10.2. The van der Waals surface area contributed by atoms with Gasteiger partial charge in [-0.2, -0.15) is 5.11 Å². The molecule has 0 unspecified atom stereocenters. The minimum atomic E-state index is 0.522. The summed E-state index contributed by atoms with van der Waals surface area (Å²) in [5.74, 6) is 0.588. The minimum absolute atomic E-state index is 0.522. The highest BCUT2D eigenvalue weighted by Crippen LogP contribution is 2.30. The molecule has 18 heavy (non-hydrogen) atoms. The molecule has 0 aliphatic heterocycles. The van der Waals surface area contributed by atoms with Crippen LogP contribution in [0, 0.1) is 5.53 Å². The maximum atomic E-state index is 7.03. The van der Waals surface area contributed by atoms with E-state index >= 15 is 0 Å². The van der Waals surface area contributed by atoms with Crippen LogP contribution in [0.3, 0.4) is 0 Å². The summed E-state index contributed by atoms with van der Waals surface area (Å²) in [7, 11) is 1.57. The van der Waals surface area contributed by atoms with Gasteiger partial charge in [-0.3, -0.25) is 0 Å². The molecule has 1 rings (SSSR count). The van der Waals surface area contributed by atoms with Crippen molar-refractivity contribution < 1.29 is 4.74 Å². The summed E-state index contributed by atoms with van der Waals surface area (Å²) in [6.45, 7) is 4.07. The molecule has 0 spiro atoms. The number of allylic oxidation sites excluding steroid dienone is 3. The highest BCUT2D eigenvalue weighted by Gasteiger charge is 2.03. The van der Waals surface area contributed by atoms with Crippen LogP contribution in [-0.2, 0) is 0 Å². The van der Waals surface area contributed by atoms with Gasteiger partial charge in [0.1, 0.15) is 11.4 Å². The van der Waals surface area contributed by atoms with Crippen molar-refractivity contribution in [1.82, 2.24) is 0 Å². The summed E-state index contributed by atoms with van der Waals surface area (Å²) < 4.78 is 5.18. The first-order chi connectivity index (χ1) is 8.74. The lowest BCUT2D eigenvalue weighted by Crippen LogP contribution is -1.97. The summed E-state index contributed by atoms with van der Waals surface area (Å²) in [4.78, 5) is 0. The average molecular weight is 245 g/mol. The van der Waals surface area contributed by atoms with Gasteiger partial charge in [0.15, 0.2) is 0 Å². The van der Waals surface area contributed by atoms with Gasteiger partial charge in [-0.05, 0) is 31.6 Å². The molecule has 0 radical (unpaired) electrons. The van der Waals surface area contributed by atoms with E-state index in [9.17, 15) is 0 Å². The van der Waals surface area contributed by atoms with Crippen molar-refractivity contribution in [3.63, 3.8) is 0 Å². The van der Waals surface area contributed by atoms with Gasteiger partial charge < -0.3 is 10.1 Å². The quantitative estimate of drug-likeness (QED) is 0.566. The van der Waals surface area contributed by atoms with Gasteiger partial charge in [0.25, 0.3) is 0 Å². The fraction of sp³-hybridized carbons (Fsp3) is 0.286. The summed E-state index contributed by atoms with van der Waals surface area (Å²) in [5.41, 5.74) is 9.48. The first kappa shape index (κ1) is 14.0. The molecule has 4 nitrogen and oxygen atoms in total. The molecule has 1 aromatic carbocycles. The number of nitrogens with zero attached hydrogens (tertiary/aromatic N) is 1. The number of nitrogens with one attached hydrogen (secondary N) is 2. The Kier molecular flexibility index (Phi) is 5.64. The van der Waals surface area contributed by atoms with Crippen LogP contribution in [0.15, 0.2) is 47.2 Å². The van der Waals surface area contributed by atoms with Crippen molar-refractivity contribution in [2.24, 2.45) is 5.11 Å². The van der Waals surface area contributed by atoms with Crippen LogP contribution >= 0.6 is 0 Å². The molecule has 96 valence electrons. The molecule has 2 N–H and O–H groups in total. The third-order valence-corrected chi connectivity index (χ3v) is 2.43. The van der Waals surface area contributed by atoms with Crippen LogP contribution in [0.1, 0.15) is 20.3 Å². The molecule has 0 atom stereocenters. The smallest absolute Gasteiger partial charge is 0.148 e. The number of rotatable bonds is 6. The predicted molar refractivity (Wildman–Crippen MR) is 74.6 cm³/mol. The fourth-order valence-corrected chi connectivity index (χ4v) is 1.47. The van der Waals surface area contributed by atoms with E-state index in [0.717, 1.165) is 17.8 Å². The number of anilines is 1. The van der Waals surface area contributed by atoms with Crippen molar-refractivity contribution in [3.8, 4) is 5.75 Å². The Hall–Kier alpha value is -2.10. The molecular formula is C14H19N3O. The molecule has 0 aromatic heterocycles. The third kappa shape index (κ3) is 3.73. The van der Waals surface area contributed by atoms with Gasteiger partial charge in [0.2, 0.25) is 0 Å². The van der Waals surface area contributed by atoms with Gasteiger partial charge in [0, 0.05) is 17.5 Å². The maximum absolute atomic E-state index is 7.03. The van der Waals surface area contributed by atoms with Crippen molar-refractivity contribution >= 4 is 11.4 Å². The van der Waals surface area contributed by atoms with Gasteiger partial charge in [0.05, 0.1) is 7.11 Å². The number of hydrogen-bond acceptors (Lipinski definition) is 4. The zero-order valence-electron chi connectivity index (χ0n) is 11.0. The standard InChI is InChI=1S/C14H19N3O/c1-4-6-7-11(5-2)16-12-8-9-13(17-15)14(10-12)18-3/h5-10,15-16H,4H2,1-3H3/b7-6-,11-5+,17-15?. The highest BCUT2D eigenvalue weighted by molar-refractivity contribution is 5.62. The second-order valence-corrected chi connectivity index (χ2v) is 3.68. The number of methoxy groups -OCH3 is 1. The molecule has 0 aliphatic rings. The average Bonchev–Trinajstić information content (AvgIpc) is 2.43. The van der Waals surface area contributed by atoms with Gasteiger partial charge in [-0.25, -0.2) is 5.53 Å². The van der Waals surface area contributed by atoms with Crippen LogP contribution in [0.4, 0.5) is 11.4 Å². The van der Waals surface area contributed by atoms with Crippen LogP contribution < -0.4 is 10.1 Å². The maximum Gasteiger partial charge on any atom is 0.148 e. The van der Waals surface area contributed by atoms with E-state index in [-0.39, 0.29) is 0 Å². The van der Waals surface area contributed by atoms with E-state index < -0.39 is 0 Å². The highest BCUT2D eigenvalue weighted by atomic mass is 16.5. The second kappa shape index (κ2) is 7.27. The van der Waals surface area contributed by atoms with Crippen LogP contribution in [0.5, 0.6) is 5.75 Å².